The third kappa shape index (κ3) is 68.5. The van der Waals surface area contributed by atoms with E-state index in [0.717, 1.165) is 122 Å². The number of allylic oxidation sites excluding steroid dienone is 20. The number of unbranched alkanes of at least 4 members (excludes halogenated alkanes) is 32. The van der Waals surface area contributed by atoms with Gasteiger partial charge >= 0.3 is 17.9 Å². The summed E-state index contributed by atoms with van der Waals surface area (Å²) in [5, 5.41) is 0. The molecule has 474 valence electrons. The molecule has 0 aliphatic heterocycles. The lowest BCUT2D eigenvalue weighted by Gasteiger charge is -2.18. The molecule has 83 heavy (non-hydrogen) atoms. The molecule has 0 bridgehead atoms. The van der Waals surface area contributed by atoms with Crippen LogP contribution in [0.2, 0.25) is 0 Å². The van der Waals surface area contributed by atoms with Gasteiger partial charge in [-0.2, -0.15) is 0 Å². The zero-order valence-electron chi connectivity index (χ0n) is 54.4. The topological polar surface area (TPSA) is 78.9 Å². The summed E-state index contributed by atoms with van der Waals surface area (Å²) in [4.78, 5) is 38.4. The standard InChI is InChI=1S/C77H130O6/c1-4-7-10-13-16-19-22-25-28-30-32-33-34-35-36-37-38-39-40-41-42-43-44-45-46-48-49-52-55-58-61-64-67-70-76(79)82-73-74(72-81-75(78)69-66-63-60-57-54-51-27-24-21-18-15-12-9-6-3)83-77(80)71-68-65-62-59-56-53-50-47-31-29-26-23-20-17-14-11-8-5-2/h7,10,16,19,24-25,27-29,31-33,35-36,38-39,41-42,44-45,74H,4-6,8-9,11-15,17-18,20-23,26,30,34,37,40,43,46-73H2,1-3H3/b10-7-,19-16-,27-24-,28-25-,31-29-,33-32-,36-35-,39-38-,42-41-,45-44-. The Labute approximate surface area is 513 Å². The van der Waals surface area contributed by atoms with Crippen molar-refractivity contribution in [1.29, 1.82) is 0 Å². The summed E-state index contributed by atoms with van der Waals surface area (Å²) in [6.07, 6.45) is 97.9. The molecule has 1 unspecified atom stereocenters. The summed E-state index contributed by atoms with van der Waals surface area (Å²) in [7, 11) is 0. The number of carbonyl (C=O) groups excluding carboxylic acids is 3. The van der Waals surface area contributed by atoms with Crippen molar-refractivity contribution >= 4 is 17.9 Å². The van der Waals surface area contributed by atoms with Crippen molar-refractivity contribution in [2.45, 2.75) is 335 Å². The van der Waals surface area contributed by atoms with E-state index in [0.29, 0.717) is 19.3 Å². The number of ether oxygens (including phenoxy) is 3. The molecule has 0 spiro atoms. The van der Waals surface area contributed by atoms with Gasteiger partial charge in [-0.3, -0.25) is 14.4 Å². The third-order valence-electron chi connectivity index (χ3n) is 14.9. The van der Waals surface area contributed by atoms with Crippen molar-refractivity contribution in [3.05, 3.63) is 122 Å². The molecule has 6 nitrogen and oxygen atoms in total. The molecule has 1 atom stereocenters. The number of hydrogen-bond acceptors (Lipinski definition) is 6. The number of carbonyl (C=O) groups is 3. The second-order valence-corrected chi connectivity index (χ2v) is 23.1. The number of rotatable bonds is 63. The van der Waals surface area contributed by atoms with Gasteiger partial charge in [-0.1, -0.05) is 296 Å². The molecule has 0 aliphatic carbocycles. The summed E-state index contributed by atoms with van der Waals surface area (Å²) in [6, 6.07) is 0. The van der Waals surface area contributed by atoms with Crippen LogP contribution in [0, 0.1) is 0 Å². The predicted molar refractivity (Wildman–Crippen MR) is 362 cm³/mol. The Bertz CT molecular complexity index is 1700. The summed E-state index contributed by atoms with van der Waals surface area (Å²) >= 11 is 0. The molecule has 6 heteroatoms. The Hall–Kier alpha value is -4.19. The van der Waals surface area contributed by atoms with E-state index in [1.54, 1.807) is 0 Å². The zero-order valence-corrected chi connectivity index (χ0v) is 54.4. The molecule has 0 heterocycles. The highest BCUT2D eigenvalue weighted by atomic mass is 16.6. The monoisotopic (exact) mass is 1150 g/mol. The van der Waals surface area contributed by atoms with E-state index < -0.39 is 6.10 Å². The highest BCUT2D eigenvalue weighted by molar-refractivity contribution is 5.71. The van der Waals surface area contributed by atoms with E-state index in [9.17, 15) is 14.4 Å². The van der Waals surface area contributed by atoms with Gasteiger partial charge in [0, 0.05) is 19.3 Å². The molecule has 0 N–H and O–H groups in total. The Morgan fingerprint density at radius 3 is 0.747 bits per heavy atom. The zero-order chi connectivity index (χ0) is 59.9. The highest BCUT2D eigenvalue weighted by Crippen LogP contribution is 2.16. The van der Waals surface area contributed by atoms with Crippen LogP contribution >= 0.6 is 0 Å². The molecule has 0 saturated carbocycles. The van der Waals surface area contributed by atoms with Gasteiger partial charge in [-0.15, -0.1) is 0 Å². The van der Waals surface area contributed by atoms with Crippen LogP contribution in [0.5, 0.6) is 0 Å². The van der Waals surface area contributed by atoms with Crippen molar-refractivity contribution < 1.29 is 28.6 Å². The molecule has 0 fully saturated rings. The second kappa shape index (κ2) is 70.3. The van der Waals surface area contributed by atoms with Gasteiger partial charge in [0.25, 0.3) is 0 Å². The predicted octanol–water partition coefficient (Wildman–Crippen LogP) is 24.3. The lowest BCUT2D eigenvalue weighted by molar-refractivity contribution is -0.167. The van der Waals surface area contributed by atoms with Crippen LogP contribution in [-0.4, -0.2) is 37.2 Å². The van der Waals surface area contributed by atoms with Gasteiger partial charge in [0.15, 0.2) is 6.10 Å². The molecule has 0 amide bonds. The van der Waals surface area contributed by atoms with Crippen LogP contribution in [0.25, 0.3) is 0 Å². The molecule has 0 aliphatic rings. The maximum atomic E-state index is 12.9. The molecular formula is C77H130O6. The van der Waals surface area contributed by atoms with Crippen LogP contribution in [0.15, 0.2) is 122 Å². The third-order valence-corrected chi connectivity index (χ3v) is 14.9. The minimum atomic E-state index is -0.790. The molecule has 0 aromatic carbocycles. The second-order valence-electron chi connectivity index (χ2n) is 23.1. The molecule has 0 aromatic heterocycles. The maximum absolute atomic E-state index is 12.9. The van der Waals surface area contributed by atoms with E-state index in [2.05, 4.69) is 142 Å². The highest BCUT2D eigenvalue weighted by Gasteiger charge is 2.19. The largest absolute Gasteiger partial charge is 0.462 e. The van der Waals surface area contributed by atoms with E-state index in [-0.39, 0.29) is 31.1 Å². The first-order valence-corrected chi connectivity index (χ1v) is 35.0. The average molecular weight is 1150 g/mol. The summed E-state index contributed by atoms with van der Waals surface area (Å²) in [5.41, 5.74) is 0. The molecular weight excluding hydrogens is 1020 g/mol. The fourth-order valence-electron chi connectivity index (χ4n) is 9.68. The quantitative estimate of drug-likeness (QED) is 0.0261. The van der Waals surface area contributed by atoms with Crippen molar-refractivity contribution in [2.24, 2.45) is 0 Å². The van der Waals surface area contributed by atoms with Gasteiger partial charge in [0.05, 0.1) is 0 Å². The van der Waals surface area contributed by atoms with E-state index in [1.165, 1.54) is 167 Å². The molecule has 0 rings (SSSR count). The van der Waals surface area contributed by atoms with Crippen molar-refractivity contribution in [3.63, 3.8) is 0 Å². The normalized spacial score (nSPS) is 12.9. The SMILES string of the molecule is CC/C=C\C/C=C\C/C=C\C/C=C\C/C=C\C/C=C\C/C=C\C/C=C\CCCCCCCCCCC(=O)OCC(COC(=O)CCCCCCC/C=C\CCCCCCC)OC(=O)CCCCCCCCC/C=C\CCCCCCCCC. The van der Waals surface area contributed by atoms with Crippen molar-refractivity contribution in [2.75, 3.05) is 13.2 Å². The summed E-state index contributed by atoms with van der Waals surface area (Å²) < 4.78 is 17.0. The minimum Gasteiger partial charge on any atom is -0.462 e. The molecule has 0 saturated heterocycles. The van der Waals surface area contributed by atoms with Gasteiger partial charge in [-0.05, 0) is 135 Å². The van der Waals surface area contributed by atoms with E-state index >= 15 is 0 Å². The number of hydrogen-bond donors (Lipinski definition) is 0. The van der Waals surface area contributed by atoms with Crippen molar-refractivity contribution in [1.82, 2.24) is 0 Å². The average Bonchev–Trinajstić information content (AvgIpc) is 3.49. The van der Waals surface area contributed by atoms with Gasteiger partial charge in [-0.25, -0.2) is 0 Å². The Balaban J connectivity index is 4.31. The lowest BCUT2D eigenvalue weighted by Crippen LogP contribution is -2.30. The fraction of sp³-hybridized carbons (Fsp3) is 0.701. The maximum Gasteiger partial charge on any atom is 0.306 e. The lowest BCUT2D eigenvalue weighted by atomic mass is 10.1. The van der Waals surface area contributed by atoms with Gasteiger partial charge < -0.3 is 14.2 Å². The first-order valence-electron chi connectivity index (χ1n) is 35.0. The van der Waals surface area contributed by atoms with Crippen LogP contribution < -0.4 is 0 Å². The fourth-order valence-corrected chi connectivity index (χ4v) is 9.68. The Morgan fingerprint density at radius 1 is 0.253 bits per heavy atom. The Kier molecular flexibility index (Phi) is 66.7. The number of esters is 3. The first-order chi connectivity index (χ1) is 41.0. The van der Waals surface area contributed by atoms with Crippen LogP contribution in [0.4, 0.5) is 0 Å². The van der Waals surface area contributed by atoms with Crippen LogP contribution in [0.3, 0.4) is 0 Å². The van der Waals surface area contributed by atoms with Crippen molar-refractivity contribution in [3.8, 4) is 0 Å². The summed E-state index contributed by atoms with van der Waals surface area (Å²) in [6.45, 7) is 6.52. The smallest absolute Gasteiger partial charge is 0.306 e. The summed E-state index contributed by atoms with van der Waals surface area (Å²) in [5.74, 6) is -0.897. The van der Waals surface area contributed by atoms with E-state index in [1.807, 2.05) is 0 Å². The van der Waals surface area contributed by atoms with E-state index in [4.69, 9.17) is 14.2 Å². The van der Waals surface area contributed by atoms with Crippen LogP contribution in [0.1, 0.15) is 329 Å². The van der Waals surface area contributed by atoms with Crippen LogP contribution in [-0.2, 0) is 28.6 Å². The minimum absolute atomic E-state index is 0.0863. The molecule has 0 radical (unpaired) electrons. The molecule has 0 aromatic rings. The van der Waals surface area contributed by atoms with Gasteiger partial charge in [0.1, 0.15) is 13.2 Å². The van der Waals surface area contributed by atoms with Gasteiger partial charge in [0.2, 0.25) is 0 Å². The Morgan fingerprint density at radius 2 is 0.470 bits per heavy atom. The first kappa shape index (κ1) is 78.8.